The van der Waals surface area contributed by atoms with Gasteiger partial charge in [-0.1, -0.05) is 0 Å². The fraction of sp³-hybridized carbons (Fsp3) is 0.533. The number of hydrogen-bond acceptors (Lipinski definition) is 5. The van der Waals surface area contributed by atoms with Gasteiger partial charge in [-0.15, -0.1) is 0 Å². The number of hydrogen-bond donors (Lipinski definition) is 1. The number of sulfonamides is 1. The molecule has 23 heavy (non-hydrogen) atoms. The zero-order chi connectivity index (χ0) is 16.8. The molecule has 0 saturated carbocycles. The zero-order valence-corrected chi connectivity index (χ0v) is 14.3. The van der Waals surface area contributed by atoms with Gasteiger partial charge in [-0.05, 0) is 32.5 Å². The molecule has 1 unspecified atom stereocenters. The van der Waals surface area contributed by atoms with Crippen LogP contribution in [0.2, 0.25) is 0 Å². The maximum atomic E-state index is 12.9. The molecule has 2 aliphatic heterocycles. The largest absolute Gasteiger partial charge is 0.479 e. The summed E-state index contributed by atoms with van der Waals surface area (Å²) in [6.07, 6.45) is -0.635. The predicted molar refractivity (Wildman–Crippen MR) is 86.2 cm³/mol. The van der Waals surface area contributed by atoms with Crippen LogP contribution in [0.1, 0.15) is 12.5 Å². The Kier molecular flexibility index (Phi) is 4.07. The molecule has 1 N–H and O–H groups in total. The number of rotatable bonds is 2. The van der Waals surface area contributed by atoms with Crippen LogP contribution in [0.3, 0.4) is 0 Å². The summed E-state index contributed by atoms with van der Waals surface area (Å²) in [6.45, 7) is 5.74. The van der Waals surface area contributed by atoms with Crippen molar-refractivity contribution in [3.63, 3.8) is 0 Å². The van der Waals surface area contributed by atoms with Crippen LogP contribution >= 0.6 is 0 Å². The molecule has 0 bridgehead atoms. The van der Waals surface area contributed by atoms with E-state index in [4.69, 9.17) is 4.74 Å². The van der Waals surface area contributed by atoms with E-state index >= 15 is 0 Å². The van der Waals surface area contributed by atoms with Gasteiger partial charge in [0.1, 0.15) is 5.75 Å². The number of anilines is 1. The summed E-state index contributed by atoms with van der Waals surface area (Å²) in [6, 6.07) is 3.18. The molecule has 3 rings (SSSR count). The molecule has 1 aromatic carbocycles. The van der Waals surface area contributed by atoms with Gasteiger partial charge in [0.15, 0.2) is 6.10 Å². The molecular weight excluding hydrogens is 318 g/mol. The number of aryl methyl sites for hydroxylation is 1. The Morgan fingerprint density at radius 3 is 2.52 bits per heavy atom. The van der Waals surface area contributed by atoms with Crippen molar-refractivity contribution in [2.75, 3.05) is 38.5 Å². The molecule has 126 valence electrons. The smallest absolute Gasteiger partial charge is 0.265 e. The van der Waals surface area contributed by atoms with Gasteiger partial charge in [0, 0.05) is 32.2 Å². The molecule has 0 spiro atoms. The number of nitrogens with zero attached hydrogens (tertiary/aromatic N) is 2. The molecule has 8 heteroatoms. The minimum atomic E-state index is -3.57. The van der Waals surface area contributed by atoms with Crippen molar-refractivity contribution in [3.05, 3.63) is 17.7 Å². The Labute approximate surface area is 136 Å². The highest BCUT2D eigenvalue weighted by Crippen LogP contribution is 2.35. The van der Waals surface area contributed by atoms with E-state index in [-0.39, 0.29) is 10.8 Å². The second kappa shape index (κ2) is 5.77. The third-order valence-electron chi connectivity index (χ3n) is 4.29. The molecule has 1 atom stereocenters. The minimum Gasteiger partial charge on any atom is -0.479 e. The number of likely N-dealkylation sites (N-methyl/N-ethyl adjacent to an activating group) is 1. The van der Waals surface area contributed by atoms with Gasteiger partial charge in [-0.3, -0.25) is 4.79 Å². The molecule has 1 aromatic rings. The molecule has 7 nitrogen and oxygen atoms in total. The SMILES string of the molecule is Cc1cc2c(cc1S(=O)(=O)N1CCN(C)CC1)OC(C)C(=O)N2. The lowest BCUT2D eigenvalue weighted by Gasteiger charge is -2.32. The van der Waals surface area contributed by atoms with Crippen LogP contribution in [-0.4, -0.2) is 62.9 Å². The summed E-state index contributed by atoms with van der Waals surface area (Å²) in [5.74, 6) is 0.168. The van der Waals surface area contributed by atoms with Crippen LogP contribution in [0.5, 0.6) is 5.75 Å². The van der Waals surface area contributed by atoms with Gasteiger partial charge in [0.05, 0.1) is 10.6 Å². The molecule has 1 amide bonds. The molecule has 2 heterocycles. The third-order valence-corrected chi connectivity index (χ3v) is 6.33. The maximum absolute atomic E-state index is 12.9. The van der Waals surface area contributed by atoms with Gasteiger partial charge in [-0.2, -0.15) is 4.31 Å². The van der Waals surface area contributed by atoms with Crippen LogP contribution in [0.25, 0.3) is 0 Å². The molecule has 1 fully saturated rings. The number of piperazine rings is 1. The van der Waals surface area contributed by atoms with Crippen LogP contribution < -0.4 is 10.1 Å². The van der Waals surface area contributed by atoms with Crippen molar-refractivity contribution >= 4 is 21.6 Å². The van der Waals surface area contributed by atoms with Crippen LogP contribution in [0.4, 0.5) is 5.69 Å². The summed E-state index contributed by atoms with van der Waals surface area (Å²) in [5, 5.41) is 2.74. The monoisotopic (exact) mass is 339 g/mol. The summed E-state index contributed by atoms with van der Waals surface area (Å²) in [4.78, 5) is 14.0. The van der Waals surface area contributed by atoms with E-state index < -0.39 is 16.1 Å². The number of benzene rings is 1. The summed E-state index contributed by atoms with van der Waals surface area (Å²) >= 11 is 0. The van der Waals surface area contributed by atoms with Crippen LogP contribution in [0, 0.1) is 6.92 Å². The Bertz CT molecular complexity index is 739. The van der Waals surface area contributed by atoms with Gasteiger partial charge in [0.25, 0.3) is 5.91 Å². The molecule has 0 radical (unpaired) electrons. The van der Waals surface area contributed by atoms with Crippen molar-refractivity contribution in [2.24, 2.45) is 0 Å². The average molecular weight is 339 g/mol. The van der Waals surface area contributed by atoms with E-state index in [0.717, 1.165) is 0 Å². The molecule has 0 aliphatic carbocycles. The predicted octanol–water partition coefficient (Wildman–Crippen LogP) is 0.651. The number of nitrogens with one attached hydrogen (secondary N) is 1. The Morgan fingerprint density at radius 2 is 1.87 bits per heavy atom. The van der Waals surface area contributed by atoms with Gasteiger partial charge in [-0.25, -0.2) is 8.42 Å². The molecular formula is C15H21N3O4S. The van der Waals surface area contributed by atoms with Gasteiger partial charge >= 0.3 is 0 Å². The fourth-order valence-corrected chi connectivity index (χ4v) is 4.43. The second-order valence-corrected chi connectivity index (χ2v) is 7.98. The first-order chi connectivity index (χ1) is 10.8. The highest BCUT2D eigenvalue weighted by Gasteiger charge is 2.31. The van der Waals surface area contributed by atoms with E-state index in [9.17, 15) is 13.2 Å². The number of amides is 1. The van der Waals surface area contributed by atoms with Crippen molar-refractivity contribution in [2.45, 2.75) is 24.8 Å². The Balaban J connectivity index is 1.97. The molecule has 2 aliphatic rings. The van der Waals surface area contributed by atoms with Gasteiger partial charge in [0.2, 0.25) is 10.0 Å². The quantitative estimate of drug-likeness (QED) is 0.856. The zero-order valence-electron chi connectivity index (χ0n) is 13.5. The topological polar surface area (TPSA) is 79.0 Å². The molecule has 1 saturated heterocycles. The fourth-order valence-electron chi connectivity index (χ4n) is 2.79. The first kappa shape index (κ1) is 16.2. The van der Waals surface area contributed by atoms with Crippen LogP contribution in [-0.2, 0) is 14.8 Å². The van der Waals surface area contributed by atoms with Crippen molar-refractivity contribution in [3.8, 4) is 5.75 Å². The number of fused-ring (bicyclic) bond motifs is 1. The first-order valence-electron chi connectivity index (χ1n) is 7.60. The van der Waals surface area contributed by atoms with E-state index in [0.29, 0.717) is 43.2 Å². The maximum Gasteiger partial charge on any atom is 0.265 e. The van der Waals surface area contributed by atoms with Crippen molar-refractivity contribution in [1.82, 2.24) is 9.21 Å². The van der Waals surface area contributed by atoms with E-state index in [2.05, 4.69) is 10.2 Å². The lowest BCUT2D eigenvalue weighted by atomic mass is 10.1. The molecule has 0 aromatic heterocycles. The summed E-state index contributed by atoms with van der Waals surface area (Å²) < 4.78 is 32.9. The van der Waals surface area contributed by atoms with E-state index in [1.807, 2.05) is 7.05 Å². The Hall–Kier alpha value is -1.64. The summed E-state index contributed by atoms with van der Waals surface area (Å²) in [5.41, 5.74) is 1.11. The number of carbonyl (C=O) groups is 1. The van der Waals surface area contributed by atoms with E-state index in [1.165, 1.54) is 10.4 Å². The number of carbonyl (C=O) groups excluding carboxylic acids is 1. The van der Waals surface area contributed by atoms with E-state index in [1.54, 1.807) is 19.9 Å². The lowest BCUT2D eigenvalue weighted by Crippen LogP contribution is -2.47. The van der Waals surface area contributed by atoms with Crippen molar-refractivity contribution < 1.29 is 17.9 Å². The summed E-state index contributed by atoms with van der Waals surface area (Å²) in [7, 11) is -1.59. The number of ether oxygens (including phenoxy) is 1. The normalized spacial score (nSPS) is 23.1. The second-order valence-electron chi connectivity index (χ2n) is 6.07. The van der Waals surface area contributed by atoms with Crippen molar-refractivity contribution in [1.29, 1.82) is 0 Å². The minimum absolute atomic E-state index is 0.230. The average Bonchev–Trinajstić information content (AvgIpc) is 2.49. The highest BCUT2D eigenvalue weighted by molar-refractivity contribution is 7.89. The van der Waals surface area contributed by atoms with Crippen LogP contribution in [0.15, 0.2) is 17.0 Å². The first-order valence-corrected chi connectivity index (χ1v) is 9.04. The third kappa shape index (κ3) is 2.93. The Morgan fingerprint density at radius 1 is 1.22 bits per heavy atom. The standard InChI is InChI=1S/C15H21N3O4S/c1-10-8-12-13(22-11(2)15(19)16-12)9-14(10)23(20,21)18-6-4-17(3)5-7-18/h8-9,11H,4-7H2,1-3H3,(H,16,19). The van der Waals surface area contributed by atoms with Gasteiger partial charge < -0.3 is 15.0 Å². The highest BCUT2D eigenvalue weighted by atomic mass is 32.2. The lowest BCUT2D eigenvalue weighted by molar-refractivity contribution is -0.122.